The van der Waals surface area contributed by atoms with Gasteiger partial charge in [-0.2, -0.15) is 0 Å². The van der Waals surface area contributed by atoms with Crippen LogP contribution in [0.4, 0.5) is 0 Å². The highest BCUT2D eigenvalue weighted by Gasteiger charge is 2.24. The first kappa shape index (κ1) is 12.5. The second-order valence-electron chi connectivity index (χ2n) is 4.77. The molecule has 0 spiro atoms. The second-order valence-corrected chi connectivity index (χ2v) is 4.77. The fourth-order valence-corrected chi connectivity index (χ4v) is 2.14. The summed E-state index contributed by atoms with van der Waals surface area (Å²) in [6.07, 6.45) is 2.50. The Bertz CT molecular complexity index is 218. The molecule has 4 nitrogen and oxygen atoms in total. The van der Waals surface area contributed by atoms with Crippen LogP contribution >= 0.6 is 0 Å². The average molecular weight is 213 g/mol. The van der Waals surface area contributed by atoms with Gasteiger partial charge in [0.1, 0.15) is 0 Å². The van der Waals surface area contributed by atoms with Crippen molar-refractivity contribution in [1.82, 2.24) is 9.80 Å². The molecular formula is C11H23N3O. The molecule has 1 rings (SSSR count). The van der Waals surface area contributed by atoms with Crippen LogP contribution in [0.15, 0.2) is 0 Å². The number of carbonyl (C=O) groups excluding carboxylic acids is 1. The topological polar surface area (TPSA) is 49.6 Å². The number of likely N-dealkylation sites (N-methyl/N-ethyl adjacent to an activating group) is 1. The maximum absolute atomic E-state index is 10.9. The van der Waals surface area contributed by atoms with Crippen molar-refractivity contribution in [2.75, 3.05) is 26.7 Å². The number of hydrogen-bond donors (Lipinski definition) is 1. The van der Waals surface area contributed by atoms with Gasteiger partial charge in [-0.3, -0.25) is 9.69 Å². The molecule has 0 aliphatic carbocycles. The van der Waals surface area contributed by atoms with Crippen molar-refractivity contribution in [1.29, 1.82) is 0 Å². The summed E-state index contributed by atoms with van der Waals surface area (Å²) in [5.41, 5.74) is 5.25. The number of amides is 1. The van der Waals surface area contributed by atoms with Crippen molar-refractivity contribution in [3.05, 3.63) is 0 Å². The van der Waals surface area contributed by atoms with Gasteiger partial charge in [-0.15, -0.1) is 0 Å². The lowest BCUT2D eigenvalue weighted by Gasteiger charge is -2.30. The lowest BCUT2D eigenvalue weighted by molar-refractivity contribution is -0.119. The number of primary amides is 1. The van der Waals surface area contributed by atoms with Crippen LogP contribution in [-0.2, 0) is 4.79 Å². The number of carbonyl (C=O) groups is 1. The Morgan fingerprint density at radius 1 is 1.60 bits per heavy atom. The van der Waals surface area contributed by atoms with E-state index in [-0.39, 0.29) is 5.91 Å². The molecule has 15 heavy (non-hydrogen) atoms. The van der Waals surface area contributed by atoms with E-state index in [9.17, 15) is 4.79 Å². The Hall–Kier alpha value is -0.610. The quantitative estimate of drug-likeness (QED) is 0.713. The summed E-state index contributed by atoms with van der Waals surface area (Å²) in [7, 11) is 2.15. The molecule has 1 atom stereocenters. The van der Waals surface area contributed by atoms with Gasteiger partial charge >= 0.3 is 0 Å². The molecule has 0 radical (unpaired) electrons. The van der Waals surface area contributed by atoms with Gasteiger partial charge in [-0.05, 0) is 40.3 Å². The third-order valence-electron chi connectivity index (χ3n) is 3.21. The third-order valence-corrected chi connectivity index (χ3v) is 3.21. The zero-order valence-electron chi connectivity index (χ0n) is 10.1. The van der Waals surface area contributed by atoms with Gasteiger partial charge in [0.2, 0.25) is 5.91 Å². The minimum Gasteiger partial charge on any atom is -0.369 e. The van der Waals surface area contributed by atoms with E-state index in [1.165, 1.54) is 19.4 Å². The molecule has 0 aromatic carbocycles. The van der Waals surface area contributed by atoms with Gasteiger partial charge in [-0.25, -0.2) is 0 Å². The predicted molar refractivity (Wildman–Crippen MR) is 61.6 cm³/mol. The molecule has 4 heteroatoms. The second kappa shape index (κ2) is 5.47. The van der Waals surface area contributed by atoms with E-state index in [1.807, 2.05) is 0 Å². The van der Waals surface area contributed by atoms with Crippen molar-refractivity contribution in [2.24, 2.45) is 5.73 Å². The molecule has 1 saturated heterocycles. The summed E-state index contributed by atoms with van der Waals surface area (Å²) in [6.45, 7) is 6.72. The van der Waals surface area contributed by atoms with Crippen LogP contribution in [0.25, 0.3) is 0 Å². The molecule has 88 valence electrons. The average Bonchev–Trinajstić information content (AvgIpc) is 2.50. The molecule has 1 unspecified atom stereocenters. The first-order valence-corrected chi connectivity index (χ1v) is 5.73. The molecule has 2 N–H and O–H groups in total. The summed E-state index contributed by atoms with van der Waals surface area (Å²) in [5.74, 6) is -0.232. The lowest BCUT2D eigenvalue weighted by atomic mass is 10.2. The maximum Gasteiger partial charge on any atom is 0.231 e. The summed E-state index contributed by atoms with van der Waals surface area (Å²) < 4.78 is 0. The van der Waals surface area contributed by atoms with Gasteiger partial charge < -0.3 is 10.6 Å². The van der Waals surface area contributed by atoms with Gasteiger partial charge in [0.15, 0.2) is 0 Å². The van der Waals surface area contributed by atoms with Crippen LogP contribution in [0.2, 0.25) is 0 Å². The minimum absolute atomic E-state index is 0.232. The zero-order chi connectivity index (χ0) is 11.4. The lowest BCUT2D eigenvalue weighted by Crippen LogP contribution is -2.45. The van der Waals surface area contributed by atoms with Crippen molar-refractivity contribution < 1.29 is 4.79 Å². The Labute approximate surface area is 92.4 Å². The van der Waals surface area contributed by atoms with E-state index in [2.05, 4.69) is 30.7 Å². The van der Waals surface area contributed by atoms with E-state index >= 15 is 0 Å². The van der Waals surface area contributed by atoms with Gasteiger partial charge in [0.25, 0.3) is 0 Å². The summed E-state index contributed by atoms with van der Waals surface area (Å²) in [6, 6.07) is 0.971. The van der Waals surface area contributed by atoms with E-state index in [0.29, 0.717) is 18.6 Å². The van der Waals surface area contributed by atoms with Crippen molar-refractivity contribution >= 4 is 5.91 Å². The van der Waals surface area contributed by atoms with E-state index in [4.69, 9.17) is 5.73 Å². The smallest absolute Gasteiger partial charge is 0.231 e. The SMILES string of the molecule is CC(C)N(CC(N)=O)CC1CCCN1C. The Morgan fingerprint density at radius 3 is 2.67 bits per heavy atom. The first-order valence-electron chi connectivity index (χ1n) is 5.73. The number of nitrogens with two attached hydrogens (primary N) is 1. The molecule has 1 heterocycles. The Kier molecular flexibility index (Phi) is 4.54. The molecule has 1 aliphatic heterocycles. The molecule has 0 saturated carbocycles. The van der Waals surface area contributed by atoms with Crippen molar-refractivity contribution in [3.63, 3.8) is 0 Å². The number of rotatable bonds is 5. The normalized spacial score (nSPS) is 22.9. The maximum atomic E-state index is 10.9. The van der Waals surface area contributed by atoms with E-state index in [0.717, 1.165) is 6.54 Å². The van der Waals surface area contributed by atoms with Crippen LogP contribution < -0.4 is 5.73 Å². The molecular weight excluding hydrogens is 190 g/mol. The largest absolute Gasteiger partial charge is 0.369 e. The van der Waals surface area contributed by atoms with Crippen LogP contribution in [0, 0.1) is 0 Å². The molecule has 0 bridgehead atoms. The minimum atomic E-state index is -0.232. The monoisotopic (exact) mass is 213 g/mol. The number of likely N-dealkylation sites (tertiary alicyclic amines) is 1. The van der Waals surface area contributed by atoms with Crippen molar-refractivity contribution in [3.8, 4) is 0 Å². The first-order chi connectivity index (χ1) is 7.00. The van der Waals surface area contributed by atoms with E-state index < -0.39 is 0 Å². The van der Waals surface area contributed by atoms with E-state index in [1.54, 1.807) is 0 Å². The van der Waals surface area contributed by atoms with Gasteiger partial charge in [0, 0.05) is 18.6 Å². The molecule has 1 aliphatic rings. The molecule has 1 fully saturated rings. The van der Waals surface area contributed by atoms with Crippen LogP contribution in [0.1, 0.15) is 26.7 Å². The molecule has 0 aromatic heterocycles. The van der Waals surface area contributed by atoms with Crippen LogP contribution in [0.3, 0.4) is 0 Å². The number of nitrogens with zero attached hydrogens (tertiary/aromatic N) is 2. The molecule has 1 amide bonds. The highest BCUT2D eigenvalue weighted by molar-refractivity contribution is 5.75. The Morgan fingerprint density at radius 2 is 2.27 bits per heavy atom. The van der Waals surface area contributed by atoms with Crippen LogP contribution in [0.5, 0.6) is 0 Å². The predicted octanol–water partition coefficient (Wildman–Crippen LogP) is 0.276. The fourth-order valence-electron chi connectivity index (χ4n) is 2.14. The highest BCUT2D eigenvalue weighted by atomic mass is 16.1. The summed E-state index contributed by atoms with van der Waals surface area (Å²) in [5, 5.41) is 0. The molecule has 0 aromatic rings. The van der Waals surface area contributed by atoms with Crippen LogP contribution in [-0.4, -0.2) is 54.5 Å². The standard InChI is InChI=1S/C11H23N3O/c1-9(2)14(8-11(12)15)7-10-5-4-6-13(10)3/h9-10H,4-8H2,1-3H3,(H2,12,15). The summed E-state index contributed by atoms with van der Waals surface area (Å²) in [4.78, 5) is 15.5. The van der Waals surface area contributed by atoms with Crippen molar-refractivity contribution in [2.45, 2.75) is 38.8 Å². The Balaban J connectivity index is 2.46. The van der Waals surface area contributed by atoms with Gasteiger partial charge in [-0.1, -0.05) is 0 Å². The zero-order valence-corrected chi connectivity index (χ0v) is 10.1. The third kappa shape index (κ3) is 3.80. The fraction of sp³-hybridized carbons (Fsp3) is 0.909. The summed E-state index contributed by atoms with van der Waals surface area (Å²) >= 11 is 0. The highest BCUT2D eigenvalue weighted by Crippen LogP contribution is 2.16. The number of hydrogen-bond acceptors (Lipinski definition) is 3. The van der Waals surface area contributed by atoms with Gasteiger partial charge in [0.05, 0.1) is 6.54 Å².